The van der Waals surface area contributed by atoms with E-state index in [0.717, 1.165) is 16.0 Å². The van der Waals surface area contributed by atoms with Crippen LogP contribution in [0.15, 0.2) is 53.4 Å². The molecule has 2 aromatic rings. The van der Waals surface area contributed by atoms with E-state index in [1.165, 1.54) is 23.9 Å². The monoisotopic (exact) mass is 276 g/mol. The molecule has 0 unspecified atom stereocenters. The van der Waals surface area contributed by atoms with E-state index >= 15 is 0 Å². The van der Waals surface area contributed by atoms with Gasteiger partial charge >= 0.3 is 5.97 Å². The van der Waals surface area contributed by atoms with Crippen LogP contribution >= 0.6 is 11.8 Å². The fourth-order valence-corrected chi connectivity index (χ4v) is 2.56. The molecule has 0 amide bonds. The summed E-state index contributed by atoms with van der Waals surface area (Å²) in [5.74, 6) is -0.500. The lowest BCUT2D eigenvalue weighted by atomic mass is 10.1. The summed E-state index contributed by atoms with van der Waals surface area (Å²) >= 11 is 1.51. The van der Waals surface area contributed by atoms with E-state index in [9.17, 15) is 9.18 Å². The Kier molecular flexibility index (Phi) is 4.58. The molecule has 2 nitrogen and oxygen atoms in total. The highest BCUT2D eigenvalue weighted by Gasteiger charge is 2.02. The molecule has 1 N–H and O–H groups in total. The smallest absolute Gasteiger partial charge is 0.304 e. The van der Waals surface area contributed by atoms with E-state index in [-0.39, 0.29) is 12.2 Å². The van der Waals surface area contributed by atoms with Gasteiger partial charge in [0.05, 0.1) is 6.42 Å². The zero-order chi connectivity index (χ0) is 13.7. The Morgan fingerprint density at radius 1 is 1.11 bits per heavy atom. The fraction of sp³-hybridized carbons (Fsp3) is 0.133. The van der Waals surface area contributed by atoms with Crippen molar-refractivity contribution in [3.63, 3.8) is 0 Å². The fourth-order valence-electron chi connectivity index (χ4n) is 1.66. The summed E-state index contributed by atoms with van der Waals surface area (Å²) in [6.07, 6.45) is 0.144. The van der Waals surface area contributed by atoms with Crippen LogP contribution in [0.2, 0.25) is 0 Å². The van der Waals surface area contributed by atoms with E-state index in [1.807, 2.05) is 24.3 Å². The number of rotatable bonds is 5. The molecule has 0 saturated heterocycles. The van der Waals surface area contributed by atoms with Crippen molar-refractivity contribution in [2.24, 2.45) is 0 Å². The molecule has 0 atom stereocenters. The first-order chi connectivity index (χ1) is 9.15. The molecule has 0 aromatic heterocycles. The highest BCUT2D eigenvalue weighted by atomic mass is 32.2. The van der Waals surface area contributed by atoms with Crippen LogP contribution in [0, 0.1) is 5.82 Å². The molecular formula is C15H13FO2S. The third-order valence-corrected chi connectivity index (χ3v) is 3.59. The average Bonchev–Trinajstić information content (AvgIpc) is 2.39. The van der Waals surface area contributed by atoms with Crippen molar-refractivity contribution in [3.8, 4) is 11.1 Å². The minimum atomic E-state index is -0.790. The van der Waals surface area contributed by atoms with E-state index in [2.05, 4.69) is 0 Å². The highest BCUT2D eigenvalue weighted by Crippen LogP contribution is 2.26. The van der Waals surface area contributed by atoms with Crippen molar-refractivity contribution in [2.75, 3.05) is 5.75 Å². The minimum absolute atomic E-state index is 0.144. The van der Waals surface area contributed by atoms with Crippen molar-refractivity contribution >= 4 is 17.7 Å². The van der Waals surface area contributed by atoms with Crippen molar-refractivity contribution in [1.82, 2.24) is 0 Å². The van der Waals surface area contributed by atoms with Crippen molar-refractivity contribution in [2.45, 2.75) is 11.3 Å². The number of carboxylic acids is 1. The van der Waals surface area contributed by atoms with Gasteiger partial charge in [0.15, 0.2) is 0 Å². The number of aliphatic carboxylic acids is 1. The van der Waals surface area contributed by atoms with Crippen LogP contribution in [0.25, 0.3) is 11.1 Å². The first-order valence-corrected chi connectivity index (χ1v) is 6.84. The predicted molar refractivity (Wildman–Crippen MR) is 74.8 cm³/mol. The standard InChI is InChI=1S/C15H13FO2S/c16-13-6-4-11(5-7-13)12-2-1-3-14(10-12)19-9-8-15(17)18/h1-7,10H,8-9H2,(H,17,18). The summed E-state index contributed by atoms with van der Waals surface area (Å²) in [6, 6.07) is 14.1. The first kappa shape index (κ1) is 13.6. The number of hydrogen-bond donors (Lipinski definition) is 1. The number of carbonyl (C=O) groups is 1. The van der Waals surface area contributed by atoms with Gasteiger partial charge in [-0.15, -0.1) is 11.8 Å². The van der Waals surface area contributed by atoms with Crippen LogP contribution in [0.5, 0.6) is 0 Å². The van der Waals surface area contributed by atoms with Gasteiger partial charge in [0.25, 0.3) is 0 Å². The molecule has 98 valence electrons. The topological polar surface area (TPSA) is 37.3 Å². The molecule has 0 bridgehead atoms. The Bertz CT molecular complexity index is 567. The maximum atomic E-state index is 12.9. The zero-order valence-corrected chi connectivity index (χ0v) is 11.0. The van der Waals surface area contributed by atoms with Gasteiger partial charge in [0.2, 0.25) is 0 Å². The second-order valence-corrected chi connectivity index (χ2v) is 5.20. The summed E-state index contributed by atoms with van der Waals surface area (Å²) in [4.78, 5) is 11.5. The van der Waals surface area contributed by atoms with Crippen LogP contribution in [0.4, 0.5) is 4.39 Å². The molecule has 2 rings (SSSR count). The molecule has 0 radical (unpaired) electrons. The number of thioether (sulfide) groups is 1. The summed E-state index contributed by atoms with van der Waals surface area (Å²) in [6.45, 7) is 0. The number of hydrogen-bond acceptors (Lipinski definition) is 2. The third kappa shape index (κ3) is 4.10. The Balaban J connectivity index is 2.10. The number of benzene rings is 2. The lowest BCUT2D eigenvalue weighted by Crippen LogP contribution is -1.95. The van der Waals surface area contributed by atoms with Gasteiger partial charge in [0, 0.05) is 10.6 Å². The molecule has 19 heavy (non-hydrogen) atoms. The SMILES string of the molecule is O=C(O)CCSc1cccc(-c2ccc(F)cc2)c1. The van der Waals surface area contributed by atoms with Crippen LogP contribution in [-0.4, -0.2) is 16.8 Å². The predicted octanol–water partition coefficient (Wildman–Crippen LogP) is 4.06. The number of carboxylic acid groups (broad SMARTS) is 1. The summed E-state index contributed by atoms with van der Waals surface area (Å²) in [5, 5.41) is 8.60. The molecule has 2 aromatic carbocycles. The maximum absolute atomic E-state index is 12.9. The molecular weight excluding hydrogens is 263 g/mol. The molecule has 0 fully saturated rings. The third-order valence-electron chi connectivity index (χ3n) is 2.60. The zero-order valence-electron chi connectivity index (χ0n) is 10.2. The van der Waals surface area contributed by atoms with E-state index in [0.29, 0.717) is 5.75 Å². The van der Waals surface area contributed by atoms with Crippen LogP contribution in [0.1, 0.15) is 6.42 Å². The Morgan fingerprint density at radius 3 is 2.53 bits per heavy atom. The largest absolute Gasteiger partial charge is 0.481 e. The van der Waals surface area contributed by atoms with Crippen molar-refractivity contribution < 1.29 is 14.3 Å². The van der Waals surface area contributed by atoms with Crippen molar-refractivity contribution in [1.29, 1.82) is 0 Å². The van der Waals surface area contributed by atoms with Crippen LogP contribution in [0.3, 0.4) is 0 Å². The van der Waals surface area contributed by atoms with Gasteiger partial charge in [-0.1, -0.05) is 24.3 Å². The highest BCUT2D eigenvalue weighted by molar-refractivity contribution is 7.99. The molecule has 0 spiro atoms. The molecule has 4 heteroatoms. The molecule has 0 heterocycles. The second kappa shape index (κ2) is 6.38. The van der Waals surface area contributed by atoms with Gasteiger partial charge in [-0.3, -0.25) is 4.79 Å². The first-order valence-electron chi connectivity index (χ1n) is 5.86. The van der Waals surface area contributed by atoms with Crippen LogP contribution in [-0.2, 0) is 4.79 Å². The minimum Gasteiger partial charge on any atom is -0.481 e. The van der Waals surface area contributed by atoms with Gasteiger partial charge in [-0.05, 0) is 35.4 Å². The summed E-state index contributed by atoms with van der Waals surface area (Å²) in [5.41, 5.74) is 1.95. The van der Waals surface area contributed by atoms with Gasteiger partial charge in [-0.25, -0.2) is 4.39 Å². The normalized spacial score (nSPS) is 10.4. The van der Waals surface area contributed by atoms with Crippen molar-refractivity contribution in [3.05, 3.63) is 54.3 Å². The van der Waals surface area contributed by atoms with E-state index < -0.39 is 5.97 Å². The summed E-state index contributed by atoms with van der Waals surface area (Å²) < 4.78 is 12.9. The lowest BCUT2D eigenvalue weighted by molar-refractivity contribution is -0.136. The van der Waals surface area contributed by atoms with E-state index in [4.69, 9.17) is 5.11 Å². The summed E-state index contributed by atoms with van der Waals surface area (Å²) in [7, 11) is 0. The Hall–Kier alpha value is -1.81. The Labute approximate surface area is 115 Å². The Morgan fingerprint density at radius 2 is 1.84 bits per heavy atom. The van der Waals surface area contributed by atoms with Crippen LogP contribution < -0.4 is 0 Å². The van der Waals surface area contributed by atoms with Gasteiger partial charge < -0.3 is 5.11 Å². The maximum Gasteiger partial charge on any atom is 0.304 e. The lowest BCUT2D eigenvalue weighted by Gasteiger charge is -2.05. The average molecular weight is 276 g/mol. The molecule has 0 aliphatic heterocycles. The van der Waals surface area contributed by atoms with Gasteiger partial charge in [-0.2, -0.15) is 0 Å². The van der Waals surface area contributed by atoms with Gasteiger partial charge in [0.1, 0.15) is 5.82 Å². The molecule has 0 aliphatic carbocycles. The second-order valence-electron chi connectivity index (χ2n) is 4.03. The molecule has 0 saturated carbocycles. The van der Waals surface area contributed by atoms with E-state index in [1.54, 1.807) is 12.1 Å². The molecule has 0 aliphatic rings. The number of halogens is 1. The quantitative estimate of drug-likeness (QED) is 0.837.